The van der Waals surface area contributed by atoms with Gasteiger partial charge in [-0.2, -0.15) is 0 Å². The highest BCUT2D eigenvalue weighted by Gasteiger charge is 2.12. The number of urea groups is 1. The van der Waals surface area contributed by atoms with Gasteiger partial charge in [-0.3, -0.25) is 0 Å². The monoisotopic (exact) mass is 204 g/mol. The van der Waals surface area contributed by atoms with Crippen molar-refractivity contribution in [2.75, 3.05) is 6.54 Å². The summed E-state index contributed by atoms with van der Waals surface area (Å²) in [6, 6.07) is -0.539. The van der Waals surface area contributed by atoms with Crippen LogP contribution in [0.25, 0.3) is 0 Å². The van der Waals surface area contributed by atoms with Crippen LogP contribution in [0.15, 0.2) is 12.2 Å². The smallest absolute Gasteiger partial charge is 0.315 e. The van der Waals surface area contributed by atoms with Crippen LogP contribution in [0, 0.1) is 0 Å². The standard InChI is InChI=1S/C9H14F2N2O/c10-8(11)6-12-9(14)13-7-4-2-1-3-5-7/h2,4,7-8H,1,3,5-6H2,(H2,12,13,14). The van der Waals surface area contributed by atoms with Gasteiger partial charge >= 0.3 is 6.03 Å². The molecule has 0 heterocycles. The third kappa shape index (κ3) is 4.20. The van der Waals surface area contributed by atoms with Crippen molar-refractivity contribution in [1.29, 1.82) is 0 Å². The lowest BCUT2D eigenvalue weighted by Gasteiger charge is -2.18. The summed E-state index contributed by atoms with van der Waals surface area (Å²) < 4.78 is 23.4. The average Bonchev–Trinajstić information content (AvgIpc) is 2.16. The Hall–Kier alpha value is -1.13. The quantitative estimate of drug-likeness (QED) is 0.674. The summed E-state index contributed by atoms with van der Waals surface area (Å²) in [5, 5.41) is 4.70. The molecule has 0 aliphatic heterocycles. The molecule has 1 atom stereocenters. The zero-order valence-corrected chi connectivity index (χ0v) is 7.80. The molecule has 0 aromatic rings. The van der Waals surface area contributed by atoms with Crippen LogP contribution in [0.4, 0.5) is 13.6 Å². The number of amides is 2. The Kier molecular flexibility index (Phi) is 4.35. The van der Waals surface area contributed by atoms with Gasteiger partial charge in [0.25, 0.3) is 6.43 Å². The molecule has 80 valence electrons. The van der Waals surface area contributed by atoms with Crippen molar-refractivity contribution in [1.82, 2.24) is 10.6 Å². The molecule has 3 nitrogen and oxygen atoms in total. The molecule has 2 N–H and O–H groups in total. The van der Waals surface area contributed by atoms with E-state index in [0.717, 1.165) is 19.3 Å². The van der Waals surface area contributed by atoms with Gasteiger partial charge in [0.1, 0.15) is 0 Å². The van der Waals surface area contributed by atoms with Crippen molar-refractivity contribution in [2.24, 2.45) is 0 Å². The second-order valence-corrected chi connectivity index (χ2v) is 3.21. The number of rotatable bonds is 3. The largest absolute Gasteiger partial charge is 0.332 e. The Morgan fingerprint density at radius 2 is 2.36 bits per heavy atom. The van der Waals surface area contributed by atoms with Crippen molar-refractivity contribution in [3.8, 4) is 0 Å². The molecule has 5 heteroatoms. The predicted octanol–water partition coefficient (Wildman–Crippen LogP) is 1.66. The zero-order valence-electron chi connectivity index (χ0n) is 7.80. The number of hydrogen-bond acceptors (Lipinski definition) is 1. The average molecular weight is 204 g/mol. The highest BCUT2D eigenvalue weighted by Crippen LogP contribution is 2.09. The van der Waals surface area contributed by atoms with E-state index in [1.165, 1.54) is 0 Å². The second-order valence-electron chi connectivity index (χ2n) is 3.21. The molecule has 0 saturated heterocycles. The minimum Gasteiger partial charge on any atom is -0.332 e. The van der Waals surface area contributed by atoms with E-state index in [1.54, 1.807) is 0 Å². The van der Waals surface area contributed by atoms with Gasteiger partial charge in [0.2, 0.25) is 0 Å². The molecule has 0 aromatic heterocycles. The zero-order chi connectivity index (χ0) is 10.4. The normalized spacial score (nSPS) is 20.9. The first-order valence-electron chi connectivity index (χ1n) is 4.67. The molecule has 14 heavy (non-hydrogen) atoms. The molecule has 1 rings (SSSR count). The molecular weight excluding hydrogens is 190 g/mol. The molecule has 2 amide bonds. The minimum absolute atomic E-state index is 0.0126. The first-order chi connectivity index (χ1) is 6.68. The Morgan fingerprint density at radius 3 is 2.93 bits per heavy atom. The highest BCUT2D eigenvalue weighted by molar-refractivity contribution is 5.74. The summed E-state index contributed by atoms with van der Waals surface area (Å²) in [6.45, 7) is -0.595. The van der Waals surface area contributed by atoms with Crippen molar-refractivity contribution in [3.05, 3.63) is 12.2 Å². The summed E-state index contributed by atoms with van der Waals surface area (Å²) in [5.74, 6) is 0. The van der Waals surface area contributed by atoms with Crippen molar-refractivity contribution < 1.29 is 13.6 Å². The minimum atomic E-state index is -2.50. The number of hydrogen-bond donors (Lipinski definition) is 2. The van der Waals surface area contributed by atoms with E-state index < -0.39 is 19.0 Å². The van der Waals surface area contributed by atoms with Gasteiger partial charge in [-0.05, 0) is 19.3 Å². The van der Waals surface area contributed by atoms with Crippen LogP contribution in [0.1, 0.15) is 19.3 Å². The Balaban J connectivity index is 2.19. The van der Waals surface area contributed by atoms with Crippen LogP contribution in [-0.2, 0) is 0 Å². The van der Waals surface area contributed by atoms with Crippen LogP contribution < -0.4 is 10.6 Å². The van der Waals surface area contributed by atoms with Gasteiger partial charge in [-0.15, -0.1) is 0 Å². The van der Waals surface area contributed by atoms with E-state index in [4.69, 9.17) is 0 Å². The van der Waals surface area contributed by atoms with E-state index in [1.807, 2.05) is 12.2 Å². The van der Waals surface area contributed by atoms with Crippen molar-refractivity contribution in [2.45, 2.75) is 31.7 Å². The number of allylic oxidation sites excluding steroid dienone is 1. The van der Waals surface area contributed by atoms with Crippen molar-refractivity contribution >= 4 is 6.03 Å². The van der Waals surface area contributed by atoms with E-state index >= 15 is 0 Å². The fourth-order valence-electron chi connectivity index (χ4n) is 1.32. The van der Waals surface area contributed by atoms with Crippen LogP contribution in [0.2, 0.25) is 0 Å². The first kappa shape index (κ1) is 10.9. The van der Waals surface area contributed by atoms with E-state index in [2.05, 4.69) is 10.6 Å². The topological polar surface area (TPSA) is 41.1 Å². The Bertz CT molecular complexity index is 219. The maximum absolute atomic E-state index is 11.7. The number of halogens is 2. The van der Waals surface area contributed by atoms with Crippen LogP contribution in [0.3, 0.4) is 0 Å². The molecule has 0 saturated carbocycles. The van der Waals surface area contributed by atoms with Crippen LogP contribution >= 0.6 is 0 Å². The van der Waals surface area contributed by atoms with Crippen molar-refractivity contribution in [3.63, 3.8) is 0 Å². The number of nitrogens with one attached hydrogen (secondary N) is 2. The molecule has 1 aliphatic rings. The van der Waals surface area contributed by atoms with Crippen LogP contribution in [-0.4, -0.2) is 25.0 Å². The highest BCUT2D eigenvalue weighted by atomic mass is 19.3. The SMILES string of the molecule is O=C(NCC(F)F)NC1C=CCCC1. The molecule has 0 fully saturated rings. The lowest BCUT2D eigenvalue weighted by atomic mass is 10.0. The number of carbonyl (C=O) groups excluding carboxylic acids is 1. The third-order valence-corrected chi connectivity index (χ3v) is 1.99. The van der Waals surface area contributed by atoms with Gasteiger partial charge in [0, 0.05) is 6.04 Å². The maximum atomic E-state index is 11.7. The molecule has 1 aliphatic carbocycles. The summed E-state index contributed by atoms with van der Waals surface area (Å²) in [5.41, 5.74) is 0. The van der Waals surface area contributed by atoms with E-state index in [0.29, 0.717) is 0 Å². The lowest BCUT2D eigenvalue weighted by Crippen LogP contribution is -2.43. The van der Waals surface area contributed by atoms with Crippen LogP contribution in [0.5, 0.6) is 0 Å². The van der Waals surface area contributed by atoms with Gasteiger partial charge < -0.3 is 10.6 Å². The Morgan fingerprint density at radius 1 is 1.57 bits per heavy atom. The summed E-state index contributed by atoms with van der Waals surface area (Å²) in [6.07, 6.45) is 4.31. The lowest BCUT2D eigenvalue weighted by molar-refractivity contribution is 0.146. The molecule has 0 radical (unpaired) electrons. The fourth-order valence-corrected chi connectivity index (χ4v) is 1.32. The molecule has 0 spiro atoms. The number of carbonyl (C=O) groups is 1. The summed E-state index contributed by atoms with van der Waals surface area (Å²) >= 11 is 0. The summed E-state index contributed by atoms with van der Waals surface area (Å²) in [7, 11) is 0. The number of alkyl halides is 2. The Labute approximate surface area is 81.6 Å². The fraction of sp³-hybridized carbons (Fsp3) is 0.667. The van der Waals surface area contributed by atoms with E-state index in [9.17, 15) is 13.6 Å². The van der Waals surface area contributed by atoms with Gasteiger partial charge in [-0.1, -0.05) is 12.2 Å². The second kappa shape index (κ2) is 5.57. The molecule has 0 aromatic carbocycles. The predicted molar refractivity (Wildman–Crippen MR) is 49.3 cm³/mol. The van der Waals surface area contributed by atoms with Gasteiger partial charge in [0.15, 0.2) is 0 Å². The maximum Gasteiger partial charge on any atom is 0.315 e. The van der Waals surface area contributed by atoms with Gasteiger partial charge in [-0.25, -0.2) is 13.6 Å². The molecular formula is C9H14F2N2O. The first-order valence-corrected chi connectivity index (χ1v) is 4.67. The summed E-state index contributed by atoms with van der Waals surface area (Å²) in [4.78, 5) is 11.0. The molecule has 1 unspecified atom stereocenters. The third-order valence-electron chi connectivity index (χ3n) is 1.99. The van der Waals surface area contributed by atoms with E-state index in [-0.39, 0.29) is 6.04 Å². The van der Waals surface area contributed by atoms with Gasteiger partial charge in [0.05, 0.1) is 6.54 Å². The molecule has 0 bridgehead atoms.